The highest BCUT2D eigenvalue weighted by atomic mass is 35.5. The molecule has 2 unspecified atom stereocenters. The first kappa shape index (κ1) is 31.6. The van der Waals surface area contributed by atoms with E-state index in [9.17, 15) is 18.0 Å². The SMILES string of the molecule is Cc1c(SNC(=O)c2ccc(N3C=CC(OCC(C)(C)C(F)(F)F)N3)nc2Cl)cnn1CCCC1CNC(C)(C)C1. The van der Waals surface area contributed by atoms with Gasteiger partial charge in [0.05, 0.1) is 34.4 Å². The number of amides is 1. The van der Waals surface area contributed by atoms with Crippen LogP contribution in [0.4, 0.5) is 19.0 Å². The van der Waals surface area contributed by atoms with Crippen LogP contribution in [-0.4, -0.2) is 51.8 Å². The number of rotatable bonds is 11. The number of anilines is 1. The van der Waals surface area contributed by atoms with Crippen molar-refractivity contribution in [2.75, 3.05) is 18.2 Å². The predicted octanol–water partition coefficient (Wildman–Crippen LogP) is 5.61. The largest absolute Gasteiger partial charge is 0.396 e. The van der Waals surface area contributed by atoms with E-state index in [4.69, 9.17) is 16.3 Å². The molecule has 1 saturated heterocycles. The summed E-state index contributed by atoms with van der Waals surface area (Å²) in [5, 5.41) is 9.49. The van der Waals surface area contributed by atoms with Gasteiger partial charge in [-0.15, -0.1) is 0 Å². The first-order valence-electron chi connectivity index (χ1n) is 13.5. The second-order valence-corrected chi connectivity index (χ2v) is 13.0. The van der Waals surface area contributed by atoms with Gasteiger partial charge in [-0.3, -0.25) is 19.2 Å². The molecular formula is C27H37ClF3N7O2S. The van der Waals surface area contributed by atoms with Gasteiger partial charge in [0.2, 0.25) is 0 Å². The maximum Gasteiger partial charge on any atom is 0.396 e. The summed E-state index contributed by atoms with van der Waals surface area (Å²) >= 11 is 7.49. The maximum atomic E-state index is 13.1. The topological polar surface area (TPSA) is 96.3 Å². The summed E-state index contributed by atoms with van der Waals surface area (Å²) in [5.41, 5.74) is 2.27. The van der Waals surface area contributed by atoms with Gasteiger partial charge in [-0.1, -0.05) is 11.6 Å². The third-order valence-electron chi connectivity index (χ3n) is 7.36. The van der Waals surface area contributed by atoms with Gasteiger partial charge < -0.3 is 10.1 Å². The predicted molar refractivity (Wildman–Crippen MR) is 153 cm³/mol. The van der Waals surface area contributed by atoms with Crippen molar-refractivity contribution in [1.29, 1.82) is 0 Å². The van der Waals surface area contributed by atoms with Gasteiger partial charge in [0, 0.05) is 18.3 Å². The van der Waals surface area contributed by atoms with Gasteiger partial charge in [-0.25, -0.2) is 4.98 Å². The molecule has 1 fully saturated rings. The van der Waals surface area contributed by atoms with Crippen molar-refractivity contribution in [3.05, 3.63) is 47.0 Å². The summed E-state index contributed by atoms with van der Waals surface area (Å²) < 4.78 is 49.4. The smallest absolute Gasteiger partial charge is 0.357 e. The Hall–Kier alpha value is -2.32. The molecule has 0 spiro atoms. The molecule has 2 atom stereocenters. The number of pyridine rings is 1. The average molecular weight is 616 g/mol. The Bertz CT molecular complexity index is 1270. The number of carbonyl (C=O) groups excluding carboxylic acids is 1. The van der Waals surface area contributed by atoms with Crippen LogP contribution in [0, 0.1) is 18.3 Å². The zero-order chi connectivity index (χ0) is 30.0. The van der Waals surface area contributed by atoms with E-state index in [0.29, 0.717) is 11.7 Å². The Labute approximate surface area is 247 Å². The standard InChI is InChI=1S/C27H37ClF3N7O2S/c1-17-20(15-33-37(17)11-6-7-18-13-26(4,5)32-14-18)41-36-24(39)19-8-9-21(34-23(19)28)38-12-10-22(35-38)40-16-25(2,3)27(29,30)31/h8-10,12,15,18,22,32,35H,6-7,11,13-14,16H2,1-5H3,(H,36,39). The number of carbonyl (C=O) groups is 1. The molecule has 41 heavy (non-hydrogen) atoms. The summed E-state index contributed by atoms with van der Waals surface area (Å²) in [6, 6.07) is 3.11. The van der Waals surface area contributed by atoms with Gasteiger partial charge in [-0.2, -0.15) is 23.7 Å². The van der Waals surface area contributed by atoms with Crippen LogP contribution in [0.2, 0.25) is 5.15 Å². The third kappa shape index (κ3) is 7.95. The highest BCUT2D eigenvalue weighted by Crippen LogP contribution is 2.38. The lowest BCUT2D eigenvalue weighted by Gasteiger charge is -2.29. The molecule has 4 rings (SSSR count). The highest BCUT2D eigenvalue weighted by molar-refractivity contribution is 7.98. The van der Waals surface area contributed by atoms with E-state index in [1.807, 2.05) is 11.6 Å². The first-order chi connectivity index (χ1) is 19.1. The number of nitrogens with zero attached hydrogens (tertiary/aromatic N) is 4. The molecule has 4 heterocycles. The van der Waals surface area contributed by atoms with E-state index >= 15 is 0 Å². The summed E-state index contributed by atoms with van der Waals surface area (Å²) in [6.45, 7) is 9.96. The van der Waals surface area contributed by atoms with Crippen LogP contribution >= 0.6 is 23.5 Å². The van der Waals surface area contributed by atoms with Gasteiger partial charge in [0.15, 0.2) is 0 Å². The van der Waals surface area contributed by atoms with E-state index in [-0.39, 0.29) is 16.3 Å². The van der Waals surface area contributed by atoms with E-state index in [2.05, 4.69) is 39.4 Å². The number of hydrazine groups is 1. The second-order valence-electron chi connectivity index (χ2n) is 11.8. The zero-order valence-corrected chi connectivity index (χ0v) is 25.4. The average Bonchev–Trinajstić information content (AvgIpc) is 3.60. The van der Waals surface area contributed by atoms with Crippen LogP contribution in [-0.2, 0) is 11.3 Å². The van der Waals surface area contributed by atoms with Crippen molar-refractivity contribution in [2.45, 2.75) is 83.3 Å². The summed E-state index contributed by atoms with van der Waals surface area (Å²) in [4.78, 5) is 17.9. The van der Waals surface area contributed by atoms with E-state index < -0.39 is 30.3 Å². The molecule has 226 valence electrons. The lowest BCUT2D eigenvalue weighted by molar-refractivity contribution is -0.230. The summed E-state index contributed by atoms with van der Waals surface area (Å²) in [5.74, 6) is 0.621. The molecule has 3 N–H and O–H groups in total. The third-order valence-corrected chi connectivity index (χ3v) is 8.55. The van der Waals surface area contributed by atoms with Crippen molar-refractivity contribution in [3.63, 3.8) is 0 Å². The molecule has 2 aromatic heterocycles. The van der Waals surface area contributed by atoms with Gasteiger partial charge >= 0.3 is 6.18 Å². The summed E-state index contributed by atoms with van der Waals surface area (Å²) in [6.07, 6.45) is 3.08. The van der Waals surface area contributed by atoms with Crippen LogP contribution in [0.1, 0.15) is 63.0 Å². The first-order valence-corrected chi connectivity index (χ1v) is 14.7. The molecule has 0 aromatic carbocycles. The molecule has 9 nitrogen and oxygen atoms in total. The van der Waals surface area contributed by atoms with E-state index in [0.717, 1.165) is 50.4 Å². The van der Waals surface area contributed by atoms with Crippen LogP contribution in [0.5, 0.6) is 0 Å². The van der Waals surface area contributed by atoms with Crippen molar-refractivity contribution in [3.8, 4) is 0 Å². The fourth-order valence-electron chi connectivity index (χ4n) is 4.66. The Morgan fingerprint density at radius 3 is 2.73 bits per heavy atom. The van der Waals surface area contributed by atoms with Gasteiger partial charge in [0.25, 0.3) is 5.91 Å². The molecular weight excluding hydrogens is 579 g/mol. The molecule has 0 aliphatic carbocycles. The summed E-state index contributed by atoms with van der Waals surface area (Å²) in [7, 11) is 0. The van der Waals surface area contributed by atoms with Crippen molar-refractivity contribution < 1.29 is 22.7 Å². The molecule has 2 aliphatic heterocycles. The molecule has 0 radical (unpaired) electrons. The number of alkyl halides is 3. The number of hydrogen-bond acceptors (Lipinski definition) is 8. The van der Waals surface area contributed by atoms with E-state index in [1.165, 1.54) is 29.4 Å². The van der Waals surface area contributed by atoms with Crippen LogP contribution in [0.3, 0.4) is 0 Å². The molecule has 0 bridgehead atoms. The fourth-order valence-corrected chi connectivity index (χ4v) is 5.56. The van der Waals surface area contributed by atoms with E-state index in [1.54, 1.807) is 24.5 Å². The Morgan fingerprint density at radius 2 is 2.07 bits per heavy atom. The molecule has 14 heteroatoms. The Balaban J connectivity index is 1.25. The normalized spacial score (nSPS) is 20.7. The minimum Gasteiger partial charge on any atom is -0.357 e. The fraction of sp³-hybridized carbons (Fsp3) is 0.593. The van der Waals surface area contributed by atoms with Gasteiger partial charge in [0.1, 0.15) is 17.2 Å². The van der Waals surface area contributed by atoms with Crippen LogP contribution in [0.15, 0.2) is 35.5 Å². The van der Waals surface area contributed by atoms with Crippen molar-refractivity contribution in [2.24, 2.45) is 11.3 Å². The lowest BCUT2D eigenvalue weighted by Crippen LogP contribution is -2.42. The van der Waals surface area contributed by atoms with Crippen molar-refractivity contribution >= 4 is 35.3 Å². The minimum absolute atomic E-state index is 0.0182. The lowest BCUT2D eigenvalue weighted by atomic mass is 9.94. The molecule has 1 amide bonds. The van der Waals surface area contributed by atoms with Crippen molar-refractivity contribution in [1.82, 2.24) is 30.2 Å². The number of aryl methyl sites for hydroxylation is 1. The zero-order valence-electron chi connectivity index (χ0n) is 23.8. The van der Waals surface area contributed by atoms with Gasteiger partial charge in [-0.05, 0) is 96.5 Å². The number of aromatic nitrogens is 3. The second kappa shape index (κ2) is 12.5. The monoisotopic (exact) mass is 615 g/mol. The number of hydrogen-bond donors (Lipinski definition) is 3. The minimum atomic E-state index is -4.39. The van der Waals surface area contributed by atoms with Crippen LogP contribution in [0.25, 0.3) is 0 Å². The Morgan fingerprint density at radius 1 is 1.32 bits per heavy atom. The number of halogens is 4. The number of nitrogens with one attached hydrogen (secondary N) is 3. The highest BCUT2D eigenvalue weighted by Gasteiger charge is 2.47. The molecule has 2 aromatic rings. The molecule has 2 aliphatic rings. The van der Waals surface area contributed by atoms with Crippen LogP contribution < -0.4 is 20.5 Å². The Kier molecular flexibility index (Phi) is 9.64. The number of ether oxygens (including phenoxy) is 1. The molecule has 0 saturated carbocycles. The maximum absolute atomic E-state index is 13.1. The quantitative estimate of drug-likeness (QED) is 0.222.